The van der Waals surface area contributed by atoms with Crippen LogP contribution in [0.5, 0.6) is 0 Å². The number of aromatic nitrogens is 2. The Morgan fingerprint density at radius 2 is 1.95 bits per heavy atom. The van der Waals surface area contributed by atoms with Crippen molar-refractivity contribution in [1.29, 1.82) is 0 Å². The predicted molar refractivity (Wildman–Crippen MR) is 79.7 cm³/mol. The summed E-state index contributed by atoms with van der Waals surface area (Å²) in [7, 11) is 2.06. The Labute approximate surface area is 116 Å². The van der Waals surface area contributed by atoms with Crippen LogP contribution in [0, 0.1) is 0 Å². The number of anilines is 2. The van der Waals surface area contributed by atoms with Crippen LogP contribution < -0.4 is 10.6 Å². The summed E-state index contributed by atoms with van der Waals surface area (Å²) in [6.45, 7) is 3.27. The van der Waals surface area contributed by atoms with Gasteiger partial charge in [0.15, 0.2) is 0 Å². The van der Waals surface area contributed by atoms with E-state index in [1.807, 2.05) is 4.68 Å². The van der Waals surface area contributed by atoms with Crippen LogP contribution in [-0.2, 0) is 13.5 Å². The van der Waals surface area contributed by atoms with Gasteiger partial charge in [-0.2, -0.15) is 5.10 Å². The first-order valence-corrected chi connectivity index (χ1v) is 7.82. The standard InChI is InChI=1S/C15H26N4/c1-3-8-12-13-14(19(2)18-12)17-15(11-16-13)9-6-4-5-7-10-15/h16-17H,3-11H2,1-2H3. The molecule has 2 N–H and O–H groups in total. The van der Waals surface area contributed by atoms with Gasteiger partial charge in [0.1, 0.15) is 11.5 Å². The molecular weight excluding hydrogens is 236 g/mol. The zero-order valence-corrected chi connectivity index (χ0v) is 12.3. The first-order chi connectivity index (χ1) is 9.24. The molecule has 4 heteroatoms. The van der Waals surface area contributed by atoms with E-state index in [2.05, 4.69) is 29.7 Å². The molecular formula is C15H26N4. The number of nitrogens with zero attached hydrogens (tertiary/aromatic N) is 2. The van der Waals surface area contributed by atoms with E-state index in [9.17, 15) is 0 Å². The van der Waals surface area contributed by atoms with E-state index in [0.29, 0.717) is 0 Å². The lowest BCUT2D eigenvalue weighted by Gasteiger charge is -2.39. The van der Waals surface area contributed by atoms with Gasteiger partial charge < -0.3 is 10.6 Å². The highest BCUT2D eigenvalue weighted by atomic mass is 15.4. The normalized spacial score (nSPS) is 21.4. The third kappa shape index (κ3) is 2.33. The molecule has 4 nitrogen and oxygen atoms in total. The van der Waals surface area contributed by atoms with Gasteiger partial charge in [-0.25, -0.2) is 0 Å². The van der Waals surface area contributed by atoms with Crippen molar-refractivity contribution in [1.82, 2.24) is 9.78 Å². The van der Waals surface area contributed by atoms with Gasteiger partial charge in [-0.1, -0.05) is 39.0 Å². The Balaban J connectivity index is 1.86. The van der Waals surface area contributed by atoms with Gasteiger partial charge in [-0.15, -0.1) is 0 Å². The minimum Gasteiger partial charge on any atom is -0.378 e. The van der Waals surface area contributed by atoms with Gasteiger partial charge in [-0.3, -0.25) is 4.68 Å². The summed E-state index contributed by atoms with van der Waals surface area (Å²) in [4.78, 5) is 0. The third-order valence-corrected chi connectivity index (χ3v) is 4.65. The minimum absolute atomic E-state index is 0.265. The monoisotopic (exact) mass is 262 g/mol. The van der Waals surface area contributed by atoms with Crippen LogP contribution in [0.25, 0.3) is 0 Å². The highest BCUT2D eigenvalue weighted by Gasteiger charge is 2.36. The van der Waals surface area contributed by atoms with Gasteiger partial charge in [0, 0.05) is 13.6 Å². The summed E-state index contributed by atoms with van der Waals surface area (Å²) in [5.41, 5.74) is 2.73. The van der Waals surface area contributed by atoms with E-state index < -0.39 is 0 Å². The molecule has 1 aromatic rings. The average Bonchev–Trinajstić information content (AvgIpc) is 2.59. The van der Waals surface area contributed by atoms with E-state index in [-0.39, 0.29) is 5.54 Å². The summed E-state index contributed by atoms with van der Waals surface area (Å²) >= 11 is 0. The molecule has 0 atom stereocenters. The molecule has 1 fully saturated rings. The molecule has 1 spiro atoms. The second-order valence-corrected chi connectivity index (χ2v) is 6.22. The SMILES string of the molecule is CCCc1nn(C)c2c1NCC1(CCCCCC1)N2. The molecule has 106 valence electrons. The Bertz CT molecular complexity index is 441. The van der Waals surface area contributed by atoms with Crippen LogP contribution in [0.1, 0.15) is 57.6 Å². The average molecular weight is 262 g/mol. The molecule has 0 unspecified atom stereocenters. The Kier molecular flexibility index (Phi) is 3.42. The smallest absolute Gasteiger partial charge is 0.148 e. The Morgan fingerprint density at radius 1 is 1.21 bits per heavy atom. The van der Waals surface area contributed by atoms with Crippen molar-refractivity contribution < 1.29 is 0 Å². The molecule has 19 heavy (non-hydrogen) atoms. The van der Waals surface area contributed by atoms with Gasteiger partial charge in [-0.05, 0) is 19.3 Å². The first-order valence-electron chi connectivity index (χ1n) is 7.82. The lowest BCUT2D eigenvalue weighted by atomic mass is 9.88. The molecule has 1 aliphatic heterocycles. The molecule has 0 saturated heterocycles. The third-order valence-electron chi connectivity index (χ3n) is 4.65. The number of aryl methyl sites for hydroxylation is 2. The van der Waals surface area contributed by atoms with Crippen molar-refractivity contribution in [3.05, 3.63) is 5.69 Å². The predicted octanol–water partition coefficient (Wildman–Crippen LogP) is 3.30. The molecule has 1 aliphatic carbocycles. The number of rotatable bonds is 2. The topological polar surface area (TPSA) is 41.9 Å². The van der Waals surface area contributed by atoms with E-state index in [4.69, 9.17) is 0 Å². The molecule has 0 amide bonds. The van der Waals surface area contributed by atoms with Gasteiger partial charge >= 0.3 is 0 Å². The van der Waals surface area contributed by atoms with E-state index in [1.54, 1.807) is 0 Å². The molecule has 0 radical (unpaired) electrons. The van der Waals surface area contributed by atoms with Crippen molar-refractivity contribution in [3.63, 3.8) is 0 Å². The maximum absolute atomic E-state index is 4.68. The van der Waals surface area contributed by atoms with Crippen LogP contribution in [0.4, 0.5) is 11.5 Å². The van der Waals surface area contributed by atoms with Crippen LogP contribution in [0.2, 0.25) is 0 Å². The zero-order valence-electron chi connectivity index (χ0n) is 12.3. The number of fused-ring (bicyclic) bond motifs is 1. The van der Waals surface area contributed by atoms with E-state index in [1.165, 1.54) is 55.7 Å². The number of hydrogen-bond donors (Lipinski definition) is 2. The Hall–Kier alpha value is -1.19. The van der Waals surface area contributed by atoms with Crippen molar-refractivity contribution in [2.24, 2.45) is 7.05 Å². The summed E-state index contributed by atoms with van der Waals surface area (Å²) < 4.78 is 2.03. The highest BCUT2D eigenvalue weighted by Crippen LogP contribution is 2.39. The second kappa shape index (κ2) is 5.06. The maximum atomic E-state index is 4.68. The van der Waals surface area contributed by atoms with Crippen molar-refractivity contribution in [2.75, 3.05) is 17.2 Å². The zero-order chi connectivity index (χ0) is 13.3. The summed E-state index contributed by atoms with van der Waals surface area (Å²) in [5.74, 6) is 1.21. The van der Waals surface area contributed by atoms with E-state index >= 15 is 0 Å². The van der Waals surface area contributed by atoms with Crippen LogP contribution in [0.3, 0.4) is 0 Å². The van der Waals surface area contributed by atoms with Crippen molar-refractivity contribution >= 4 is 11.5 Å². The van der Waals surface area contributed by atoms with E-state index in [0.717, 1.165) is 19.4 Å². The van der Waals surface area contributed by atoms with Gasteiger partial charge in [0.25, 0.3) is 0 Å². The Morgan fingerprint density at radius 3 is 2.63 bits per heavy atom. The fourth-order valence-corrected chi connectivity index (χ4v) is 3.58. The van der Waals surface area contributed by atoms with Crippen molar-refractivity contribution in [3.8, 4) is 0 Å². The highest BCUT2D eigenvalue weighted by molar-refractivity contribution is 5.71. The van der Waals surface area contributed by atoms with Gasteiger partial charge in [0.05, 0.1) is 11.2 Å². The molecule has 3 rings (SSSR count). The van der Waals surface area contributed by atoms with Crippen LogP contribution in [0.15, 0.2) is 0 Å². The molecule has 2 heterocycles. The first kappa shape index (κ1) is 12.8. The molecule has 0 bridgehead atoms. The molecule has 1 aromatic heterocycles. The lowest BCUT2D eigenvalue weighted by molar-refractivity contribution is 0.419. The maximum Gasteiger partial charge on any atom is 0.148 e. The van der Waals surface area contributed by atoms with Crippen LogP contribution in [-0.4, -0.2) is 21.9 Å². The lowest BCUT2D eigenvalue weighted by Crippen LogP contribution is -2.47. The number of hydrogen-bond acceptors (Lipinski definition) is 3. The minimum atomic E-state index is 0.265. The second-order valence-electron chi connectivity index (χ2n) is 6.22. The molecule has 2 aliphatic rings. The quantitative estimate of drug-likeness (QED) is 0.859. The summed E-state index contributed by atoms with van der Waals surface area (Å²) in [6.07, 6.45) is 10.3. The summed E-state index contributed by atoms with van der Waals surface area (Å²) in [5, 5.41) is 12.2. The largest absolute Gasteiger partial charge is 0.378 e. The fourth-order valence-electron chi connectivity index (χ4n) is 3.58. The summed E-state index contributed by atoms with van der Waals surface area (Å²) in [6, 6.07) is 0. The van der Waals surface area contributed by atoms with Gasteiger partial charge in [0.2, 0.25) is 0 Å². The fraction of sp³-hybridized carbons (Fsp3) is 0.800. The molecule has 1 saturated carbocycles. The molecule has 0 aromatic carbocycles. The number of nitrogens with one attached hydrogen (secondary N) is 2. The van der Waals surface area contributed by atoms with Crippen LogP contribution >= 0.6 is 0 Å². The van der Waals surface area contributed by atoms with Crippen molar-refractivity contribution in [2.45, 2.75) is 63.8 Å².